The maximum absolute atomic E-state index is 11.8. The van der Waals surface area contributed by atoms with Crippen LogP contribution in [0.1, 0.15) is 40.0 Å². The summed E-state index contributed by atoms with van der Waals surface area (Å²) < 4.78 is 0. The van der Waals surface area contributed by atoms with Crippen molar-refractivity contribution in [3.05, 3.63) is 0 Å². The predicted molar refractivity (Wildman–Crippen MR) is 98.2 cm³/mol. The normalized spacial score (nSPS) is 16.9. The van der Waals surface area contributed by atoms with Crippen LogP contribution in [-0.2, 0) is 9.59 Å². The van der Waals surface area contributed by atoms with Gasteiger partial charge in [-0.25, -0.2) is 0 Å². The van der Waals surface area contributed by atoms with Crippen molar-refractivity contribution in [1.82, 2.24) is 15.5 Å². The number of likely N-dealkylation sites (tertiary alicyclic amines) is 1. The van der Waals surface area contributed by atoms with Crippen molar-refractivity contribution in [2.45, 2.75) is 52.1 Å². The molecular weight excluding hydrogens is 339 g/mol. The van der Waals surface area contributed by atoms with Crippen molar-refractivity contribution >= 4 is 36.6 Å². The molecule has 4 N–H and O–H groups in total. The fourth-order valence-electron chi connectivity index (χ4n) is 2.48. The van der Waals surface area contributed by atoms with Gasteiger partial charge in [-0.3, -0.25) is 9.59 Å². The fraction of sp³-hybridized carbons (Fsp3) is 0.867. The van der Waals surface area contributed by atoms with Crippen LogP contribution in [0.3, 0.4) is 0 Å². The highest BCUT2D eigenvalue weighted by Gasteiger charge is 2.21. The Morgan fingerprint density at radius 2 is 1.78 bits per heavy atom. The maximum atomic E-state index is 11.8. The van der Waals surface area contributed by atoms with E-state index in [2.05, 4.69) is 22.5 Å². The summed E-state index contributed by atoms with van der Waals surface area (Å²) in [5, 5.41) is 5.58. The molecule has 1 aliphatic heterocycles. The summed E-state index contributed by atoms with van der Waals surface area (Å²) in [4.78, 5) is 25.9. The minimum atomic E-state index is -0.560. The monoisotopic (exact) mass is 370 g/mol. The Bertz CT molecular complexity index is 348. The molecule has 1 fully saturated rings. The zero-order valence-electron chi connectivity index (χ0n) is 14.3. The zero-order valence-corrected chi connectivity index (χ0v) is 16.0. The summed E-state index contributed by atoms with van der Waals surface area (Å²) >= 11 is 0. The minimum absolute atomic E-state index is 0. The number of piperidine rings is 1. The highest BCUT2D eigenvalue weighted by atomic mass is 35.5. The van der Waals surface area contributed by atoms with E-state index in [0.29, 0.717) is 0 Å². The van der Waals surface area contributed by atoms with Crippen LogP contribution in [0.5, 0.6) is 0 Å². The lowest BCUT2D eigenvalue weighted by molar-refractivity contribution is -0.127. The number of rotatable bonds is 7. The zero-order chi connectivity index (χ0) is 15.8. The lowest BCUT2D eigenvalue weighted by atomic mass is 10.0. The molecule has 0 spiro atoms. The number of halogens is 2. The molecule has 8 heteroatoms. The lowest BCUT2D eigenvalue weighted by Gasteiger charge is -2.32. The van der Waals surface area contributed by atoms with Crippen molar-refractivity contribution in [3.63, 3.8) is 0 Å². The first-order valence-electron chi connectivity index (χ1n) is 7.99. The molecule has 138 valence electrons. The van der Waals surface area contributed by atoms with Crippen LogP contribution >= 0.6 is 24.8 Å². The van der Waals surface area contributed by atoms with Crippen molar-refractivity contribution in [2.24, 2.45) is 11.7 Å². The summed E-state index contributed by atoms with van der Waals surface area (Å²) in [6.45, 7) is 9.15. The second-order valence-corrected chi connectivity index (χ2v) is 6.17. The Labute approximate surface area is 152 Å². The van der Waals surface area contributed by atoms with Gasteiger partial charge < -0.3 is 21.3 Å². The number of hydrogen-bond acceptors (Lipinski definition) is 4. The fourth-order valence-corrected chi connectivity index (χ4v) is 2.48. The van der Waals surface area contributed by atoms with Crippen LogP contribution in [-0.4, -0.2) is 55.0 Å². The van der Waals surface area contributed by atoms with Gasteiger partial charge in [0.25, 0.3) is 0 Å². The van der Waals surface area contributed by atoms with Crippen LogP contribution < -0.4 is 16.4 Å². The molecule has 0 radical (unpaired) electrons. The van der Waals surface area contributed by atoms with Gasteiger partial charge in [-0.15, -0.1) is 24.8 Å². The Kier molecular flexibility index (Phi) is 13.8. The summed E-state index contributed by atoms with van der Waals surface area (Å²) in [7, 11) is 0. The van der Waals surface area contributed by atoms with Gasteiger partial charge in [-0.05, 0) is 31.7 Å². The second kappa shape index (κ2) is 12.8. The van der Waals surface area contributed by atoms with Crippen LogP contribution in [0, 0.1) is 5.92 Å². The van der Waals surface area contributed by atoms with E-state index in [9.17, 15) is 9.59 Å². The van der Waals surface area contributed by atoms with Gasteiger partial charge in [0.1, 0.15) is 0 Å². The van der Waals surface area contributed by atoms with E-state index in [1.165, 1.54) is 6.42 Å². The highest BCUT2D eigenvalue weighted by molar-refractivity contribution is 5.87. The van der Waals surface area contributed by atoms with E-state index in [0.717, 1.165) is 32.5 Å². The first kappa shape index (κ1) is 24.7. The quantitative estimate of drug-likeness (QED) is 0.621. The van der Waals surface area contributed by atoms with Gasteiger partial charge >= 0.3 is 0 Å². The van der Waals surface area contributed by atoms with Gasteiger partial charge in [-0.2, -0.15) is 0 Å². The van der Waals surface area contributed by atoms with Crippen molar-refractivity contribution in [1.29, 1.82) is 0 Å². The molecular formula is C15H32Cl2N4O2. The highest BCUT2D eigenvalue weighted by Crippen LogP contribution is 2.10. The molecule has 1 aliphatic rings. The minimum Gasteiger partial charge on any atom is -0.352 e. The van der Waals surface area contributed by atoms with Gasteiger partial charge in [-0.1, -0.05) is 20.8 Å². The number of nitrogens with zero attached hydrogens (tertiary/aromatic N) is 1. The van der Waals surface area contributed by atoms with Crippen LogP contribution in [0.2, 0.25) is 0 Å². The SMILES string of the molecule is CCCN1CCC(NC(=O)CNC(=O)[C@@H](N)C(C)C)CC1.Cl.Cl. The molecule has 0 aromatic carbocycles. The summed E-state index contributed by atoms with van der Waals surface area (Å²) in [6.07, 6.45) is 3.12. The Balaban J connectivity index is 0. The lowest BCUT2D eigenvalue weighted by Crippen LogP contribution is -2.50. The Hall–Kier alpha value is -0.560. The molecule has 1 saturated heterocycles. The van der Waals surface area contributed by atoms with E-state index in [-0.39, 0.29) is 55.1 Å². The molecule has 0 saturated carbocycles. The van der Waals surface area contributed by atoms with Crippen LogP contribution in [0.25, 0.3) is 0 Å². The molecule has 2 amide bonds. The van der Waals surface area contributed by atoms with Crippen molar-refractivity contribution in [3.8, 4) is 0 Å². The van der Waals surface area contributed by atoms with E-state index in [1.807, 2.05) is 13.8 Å². The van der Waals surface area contributed by atoms with E-state index in [1.54, 1.807) is 0 Å². The standard InChI is InChI=1S/C15H30N4O2.2ClH/c1-4-7-19-8-5-12(6-9-19)18-13(20)10-17-15(21)14(16)11(2)3;;/h11-12,14H,4-10,16H2,1-3H3,(H,17,21)(H,18,20);2*1H/t14-;;/m0../s1. The first-order valence-corrected chi connectivity index (χ1v) is 7.99. The summed E-state index contributed by atoms with van der Waals surface area (Å²) in [5.74, 6) is -0.331. The number of nitrogens with one attached hydrogen (secondary N) is 2. The van der Waals surface area contributed by atoms with Crippen LogP contribution in [0.15, 0.2) is 0 Å². The number of amides is 2. The van der Waals surface area contributed by atoms with Gasteiger partial charge in [0, 0.05) is 19.1 Å². The molecule has 0 aromatic heterocycles. The third-order valence-electron chi connectivity index (χ3n) is 3.94. The number of hydrogen-bond donors (Lipinski definition) is 3. The Morgan fingerprint density at radius 1 is 1.22 bits per heavy atom. The number of carbonyl (C=O) groups is 2. The molecule has 0 unspecified atom stereocenters. The van der Waals surface area contributed by atoms with Crippen molar-refractivity contribution in [2.75, 3.05) is 26.2 Å². The van der Waals surface area contributed by atoms with Crippen molar-refractivity contribution < 1.29 is 9.59 Å². The summed E-state index contributed by atoms with van der Waals surface area (Å²) in [6, 6.07) is -0.337. The van der Waals surface area contributed by atoms with Gasteiger partial charge in [0.2, 0.25) is 11.8 Å². The predicted octanol–water partition coefficient (Wildman–Crippen LogP) is 0.920. The largest absolute Gasteiger partial charge is 0.352 e. The van der Waals surface area contributed by atoms with Gasteiger partial charge in [0.05, 0.1) is 12.6 Å². The van der Waals surface area contributed by atoms with Gasteiger partial charge in [0.15, 0.2) is 0 Å². The maximum Gasteiger partial charge on any atom is 0.239 e. The van der Waals surface area contributed by atoms with E-state index < -0.39 is 6.04 Å². The number of nitrogens with two attached hydrogens (primary N) is 1. The smallest absolute Gasteiger partial charge is 0.239 e. The Morgan fingerprint density at radius 3 is 2.26 bits per heavy atom. The third kappa shape index (κ3) is 9.35. The molecule has 0 aromatic rings. The molecule has 1 heterocycles. The second-order valence-electron chi connectivity index (χ2n) is 6.17. The molecule has 0 aliphatic carbocycles. The topological polar surface area (TPSA) is 87.5 Å². The number of carbonyl (C=O) groups excluding carboxylic acids is 2. The molecule has 0 bridgehead atoms. The van der Waals surface area contributed by atoms with Crippen LogP contribution in [0.4, 0.5) is 0 Å². The molecule has 1 atom stereocenters. The average molecular weight is 371 g/mol. The van der Waals surface area contributed by atoms with E-state index in [4.69, 9.17) is 5.73 Å². The summed E-state index contributed by atoms with van der Waals surface area (Å²) in [5.41, 5.74) is 5.72. The third-order valence-corrected chi connectivity index (χ3v) is 3.94. The molecule has 23 heavy (non-hydrogen) atoms. The molecule has 1 rings (SSSR count). The van der Waals surface area contributed by atoms with E-state index >= 15 is 0 Å². The molecule has 6 nitrogen and oxygen atoms in total. The average Bonchev–Trinajstić information content (AvgIpc) is 2.46. The first-order chi connectivity index (χ1) is 9.93.